The fourth-order valence-electron chi connectivity index (χ4n) is 2.49. The summed E-state index contributed by atoms with van der Waals surface area (Å²) in [7, 11) is 0. The first-order valence-electron chi connectivity index (χ1n) is 5.32. The molecule has 0 spiro atoms. The molecule has 0 unspecified atom stereocenters. The molecule has 0 aliphatic carbocycles. The smallest absolute Gasteiger partial charge is 0.223 e. The van der Waals surface area contributed by atoms with Crippen LogP contribution in [0.5, 0.6) is 0 Å². The minimum Gasteiger partial charge on any atom is -0.338 e. The first kappa shape index (κ1) is 10.3. The fraction of sp³-hybridized carbons (Fsp3) is 0.900. The number of rotatable bonds is 3. The lowest BCUT2D eigenvalue weighted by molar-refractivity contribution is -0.131. The highest BCUT2D eigenvalue weighted by atomic mass is 32.2. The van der Waals surface area contributed by atoms with Crippen LogP contribution in [0.25, 0.3) is 0 Å². The molecule has 2 atom stereocenters. The van der Waals surface area contributed by atoms with Gasteiger partial charge in [-0.3, -0.25) is 4.79 Å². The molecule has 0 aromatic heterocycles. The van der Waals surface area contributed by atoms with Crippen molar-refractivity contribution in [3.63, 3.8) is 0 Å². The maximum absolute atomic E-state index is 11.8. The van der Waals surface area contributed by atoms with Crippen LogP contribution >= 0.6 is 11.8 Å². The topological polar surface area (TPSA) is 32.3 Å². The minimum atomic E-state index is 0.357. The van der Waals surface area contributed by atoms with Gasteiger partial charge in [0.15, 0.2) is 0 Å². The van der Waals surface area contributed by atoms with Crippen molar-refractivity contribution in [3.05, 3.63) is 0 Å². The van der Waals surface area contributed by atoms with E-state index in [9.17, 15) is 4.79 Å². The molecule has 2 rings (SSSR count). The van der Waals surface area contributed by atoms with Gasteiger partial charge in [-0.25, -0.2) is 0 Å². The van der Waals surface area contributed by atoms with Crippen molar-refractivity contribution in [2.75, 3.05) is 31.6 Å². The number of amides is 1. The Kier molecular flexibility index (Phi) is 3.34. The minimum absolute atomic E-state index is 0.357. The molecule has 14 heavy (non-hydrogen) atoms. The first-order valence-corrected chi connectivity index (χ1v) is 6.71. The van der Waals surface area contributed by atoms with Gasteiger partial charge in [0, 0.05) is 37.8 Å². The van der Waals surface area contributed by atoms with E-state index in [0.717, 1.165) is 31.3 Å². The van der Waals surface area contributed by atoms with Crippen molar-refractivity contribution in [2.24, 2.45) is 5.92 Å². The summed E-state index contributed by atoms with van der Waals surface area (Å²) >= 11 is 1.75. The van der Waals surface area contributed by atoms with Gasteiger partial charge in [-0.05, 0) is 18.6 Å². The van der Waals surface area contributed by atoms with Gasteiger partial charge in [-0.1, -0.05) is 0 Å². The first-order chi connectivity index (χ1) is 6.83. The third-order valence-corrected chi connectivity index (χ3v) is 3.90. The lowest BCUT2D eigenvalue weighted by Crippen LogP contribution is -2.39. The van der Waals surface area contributed by atoms with E-state index >= 15 is 0 Å². The SMILES string of the molecule is CSCCC(=O)N1CC[C@H]2CNC[C@H]21. The quantitative estimate of drug-likeness (QED) is 0.745. The van der Waals surface area contributed by atoms with E-state index in [1.807, 2.05) is 0 Å². The average Bonchev–Trinajstić information content (AvgIpc) is 2.74. The summed E-state index contributed by atoms with van der Waals surface area (Å²) < 4.78 is 0. The van der Waals surface area contributed by atoms with Crippen molar-refractivity contribution in [2.45, 2.75) is 18.9 Å². The van der Waals surface area contributed by atoms with Gasteiger partial charge in [0.05, 0.1) is 0 Å². The molecule has 2 aliphatic rings. The highest BCUT2D eigenvalue weighted by Crippen LogP contribution is 2.27. The van der Waals surface area contributed by atoms with Gasteiger partial charge in [0.2, 0.25) is 5.91 Å². The largest absolute Gasteiger partial charge is 0.338 e. The Morgan fingerprint density at radius 1 is 1.57 bits per heavy atom. The number of nitrogens with zero attached hydrogens (tertiary/aromatic N) is 1. The molecule has 2 aliphatic heterocycles. The number of carbonyl (C=O) groups is 1. The number of hydrogen-bond acceptors (Lipinski definition) is 3. The van der Waals surface area contributed by atoms with Crippen LogP contribution in [0.3, 0.4) is 0 Å². The number of thioether (sulfide) groups is 1. The maximum Gasteiger partial charge on any atom is 0.223 e. The van der Waals surface area contributed by atoms with Crippen LogP contribution in [-0.2, 0) is 4.79 Å². The van der Waals surface area contributed by atoms with Crippen LogP contribution in [-0.4, -0.2) is 48.5 Å². The zero-order chi connectivity index (χ0) is 9.97. The molecule has 2 heterocycles. The zero-order valence-electron chi connectivity index (χ0n) is 8.66. The number of hydrogen-bond donors (Lipinski definition) is 1. The third kappa shape index (κ3) is 1.91. The standard InChI is InChI=1S/C10H18N2OS/c1-14-5-3-10(13)12-4-2-8-6-11-7-9(8)12/h8-9,11H,2-7H2,1H3/t8-,9+/m0/s1. The van der Waals surface area contributed by atoms with Gasteiger partial charge in [0.25, 0.3) is 0 Å². The zero-order valence-corrected chi connectivity index (χ0v) is 9.48. The second-order valence-corrected chi connectivity index (χ2v) is 5.09. The van der Waals surface area contributed by atoms with E-state index in [1.165, 1.54) is 6.42 Å². The van der Waals surface area contributed by atoms with Crippen molar-refractivity contribution in [1.82, 2.24) is 10.2 Å². The van der Waals surface area contributed by atoms with Gasteiger partial charge >= 0.3 is 0 Å². The molecule has 2 fully saturated rings. The van der Waals surface area contributed by atoms with Gasteiger partial charge in [0.1, 0.15) is 0 Å². The second-order valence-electron chi connectivity index (χ2n) is 4.10. The van der Waals surface area contributed by atoms with E-state index in [2.05, 4.69) is 16.5 Å². The summed E-state index contributed by atoms with van der Waals surface area (Å²) in [5.74, 6) is 2.05. The molecule has 0 radical (unpaired) electrons. The van der Waals surface area contributed by atoms with Gasteiger partial charge in [-0.2, -0.15) is 11.8 Å². The summed E-state index contributed by atoms with van der Waals surface area (Å²) in [6.07, 6.45) is 3.96. The van der Waals surface area contributed by atoms with Crippen LogP contribution in [0.4, 0.5) is 0 Å². The Balaban J connectivity index is 1.88. The normalized spacial score (nSPS) is 30.8. The Morgan fingerprint density at radius 2 is 2.43 bits per heavy atom. The Hall–Kier alpha value is -0.220. The van der Waals surface area contributed by atoms with Crippen molar-refractivity contribution >= 4 is 17.7 Å². The van der Waals surface area contributed by atoms with Crippen LogP contribution in [0, 0.1) is 5.92 Å². The van der Waals surface area contributed by atoms with E-state index in [0.29, 0.717) is 18.4 Å². The molecule has 0 bridgehead atoms. The second kappa shape index (κ2) is 4.53. The lowest BCUT2D eigenvalue weighted by atomic mass is 10.1. The molecule has 1 N–H and O–H groups in total. The Bertz CT molecular complexity index is 222. The van der Waals surface area contributed by atoms with E-state index in [4.69, 9.17) is 0 Å². The molecule has 80 valence electrons. The predicted octanol–water partition coefficient (Wildman–Crippen LogP) is 0.560. The molecule has 3 nitrogen and oxygen atoms in total. The summed E-state index contributed by atoms with van der Waals surface area (Å²) in [5.41, 5.74) is 0. The van der Waals surface area contributed by atoms with Crippen molar-refractivity contribution in [3.8, 4) is 0 Å². The van der Waals surface area contributed by atoms with Crippen LogP contribution < -0.4 is 5.32 Å². The lowest BCUT2D eigenvalue weighted by Gasteiger charge is -2.23. The molecule has 2 saturated heterocycles. The summed E-state index contributed by atoms with van der Waals surface area (Å²) in [6.45, 7) is 3.11. The maximum atomic E-state index is 11.8. The Morgan fingerprint density at radius 3 is 3.21 bits per heavy atom. The van der Waals surface area contributed by atoms with Crippen LogP contribution in [0.2, 0.25) is 0 Å². The van der Waals surface area contributed by atoms with Crippen molar-refractivity contribution in [1.29, 1.82) is 0 Å². The molecular weight excluding hydrogens is 196 g/mol. The number of nitrogens with one attached hydrogen (secondary N) is 1. The highest BCUT2D eigenvalue weighted by molar-refractivity contribution is 7.98. The van der Waals surface area contributed by atoms with E-state index in [1.54, 1.807) is 11.8 Å². The predicted molar refractivity (Wildman–Crippen MR) is 59.5 cm³/mol. The summed E-state index contributed by atoms with van der Waals surface area (Å²) in [4.78, 5) is 13.9. The van der Waals surface area contributed by atoms with Crippen LogP contribution in [0.15, 0.2) is 0 Å². The van der Waals surface area contributed by atoms with Gasteiger partial charge in [-0.15, -0.1) is 0 Å². The summed E-state index contributed by atoms with van der Waals surface area (Å²) in [6, 6.07) is 0.504. The average molecular weight is 214 g/mol. The van der Waals surface area contributed by atoms with Crippen LogP contribution in [0.1, 0.15) is 12.8 Å². The molecule has 0 aromatic carbocycles. The molecule has 1 amide bonds. The molecule has 4 heteroatoms. The van der Waals surface area contributed by atoms with Crippen molar-refractivity contribution < 1.29 is 4.79 Å². The molecule has 0 saturated carbocycles. The number of likely N-dealkylation sites (tertiary alicyclic amines) is 1. The van der Waals surface area contributed by atoms with E-state index < -0.39 is 0 Å². The fourth-order valence-corrected chi connectivity index (χ4v) is 2.87. The third-order valence-electron chi connectivity index (χ3n) is 3.29. The van der Waals surface area contributed by atoms with Gasteiger partial charge < -0.3 is 10.2 Å². The van der Waals surface area contributed by atoms with E-state index in [-0.39, 0.29) is 0 Å². The summed E-state index contributed by atoms with van der Waals surface area (Å²) in [5, 5.41) is 3.37. The monoisotopic (exact) mass is 214 g/mol. The number of fused-ring (bicyclic) bond motifs is 1. The number of carbonyl (C=O) groups excluding carboxylic acids is 1. The highest BCUT2D eigenvalue weighted by Gasteiger charge is 2.39. The molecule has 0 aromatic rings. The Labute approximate surface area is 89.6 Å². The molecular formula is C10H18N2OS.